The van der Waals surface area contributed by atoms with Crippen LogP contribution < -0.4 is 15.6 Å². The second-order valence-corrected chi connectivity index (χ2v) is 9.20. The Morgan fingerprint density at radius 2 is 2.00 bits per heavy atom. The first-order chi connectivity index (χ1) is 15.8. The quantitative estimate of drug-likeness (QED) is 0.613. The first-order valence-electron chi connectivity index (χ1n) is 10.3. The molecular weight excluding hydrogens is 452 g/mol. The topological polar surface area (TPSA) is 91.6 Å². The van der Waals surface area contributed by atoms with Crippen LogP contribution in [0.2, 0.25) is 0 Å². The van der Waals surface area contributed by atoms with E-state index in [-0.39, 0.29) is 17.3 Å². The average Bonchev–Trinajstić information content (AvgIpc) is 3.16. The van der Waals surface area contributed by atoms with Crippen molar-refractivity contribution in [3.05, 3.63) is 78.9 Å². The van der Waals surface area contributed by atoms with Gasteiger partial charge in [0.15, 0.2) is 11.4 Å². The monoisotopic (exact) mass is 471 g/mol. The van der Waals surface area contributed by atoms with E-state index in [1.54, 1.807) is 11.8 Å². The molecule has 2 aromatic heterocycles. The van der Waals surface area contributed by atoms with Gasteiger partial charge < -0.3 is 19.9 Å². The standard InChI is InChI=1S/C23H19F2N3O4S/c1-11-6-15(24)13(16(25)7-11)8-26-22(31)14-10-27-12-2-3-18-17(4-5-33-18)28(9-12)23(32)19(27)21(30)20(14)29/h4-7,10,12,30H,2-3,8-9H2,1H3,(H,26,31)/t12-/m1/s1. The average molecular weight is 471 g/mol. The summed E-state index contributed by atoms with van der Waals surface area (Å²) < 4.78 is 29.7. The molecule has 33 heavy (non-hydrogen) atoms. The number of benzene rings is 1. The zero-order valence-corrected chi connectivity index (χ0v) is 18.3. The van der Waals surface area contributed by atoms with Gasteiger partial charge in [-0.25, -0.2) is 8.78 Å². The Kier molecular flexibility index (Phi) is 5.04. The summed E-state index contributed by atoms with van der Waals surface area (Å²) in [5.74, 6) is -3.84. The van der Waals surface area contributed by atoms with Gasteiger partial charge in [-0.1, -0.05) is 0 Å². The van der Waals surface area contributed by atoms with Gasteiger partial charge in [-0.05, 0) is 48.9 Å². The molecule has 0 unspecified atom stereocenters. The molecule has 170 valence electrons. The summed E-state index contributed by atoms with van der Waals surface area (Å²) in [6, 6.07) is 3.89. The maximum Gasteiger partial charge on any atom is 0.279 e. The molecule has 2 aliphatic heterocycles. The molecule has 0 saturated carbocycles. The summed E-state index contributed by atoms with van der Waals surface area (Å²) in [5.41, 5.74) is -0.741. The number of fused-ring (bicyclic) bond motifs is 6. The second-order valence-electron chi connectivity index (χ2n) is 8.20. The van der Waals surface area contributed by atoms with Gasteiger partial charge in [-0.3, -0.25) is 14.4 Å². The number of carbonyl (C=O) groups is 2. The number of aromatic hydroxyl groups is 1. The van der Waals surface area contributed by atoms with Gasteiger partial charge in [0.1, 0.15) is 17.2 Å². The van der Waals surface area contributed by atoms with E-state index in [9.17, 15) is 28.3 Å². The molecule has 2 amide bonds. The van der Waals surface area contributed by atoms with Crippen LogP contribution in [0.25, 0.3) is 0 Å². The molecule has 0 aliphatic carbocycles. The minimum Gasteiger partial charge on any atom is -0.503 e. The number of amides is 2. The zero-order chi connectivity index (χ0) is 23.4. The molecule has 4 heterocycles. The number of aromatic nitrogens is 1. The van der Waals surface area contributed by atoms with E-state index in [1.807, 2.05) is 11.4 Å². The minimum absolute atomic E-state index is 0.164. The SMILES string of the molecule is Cc1cc(F)c(CNC(=O)c2cn3c(c(O)c2=O)C(=O)N2C[C@H]3CCc3sccc32)c(F)c1. The Morgan fingerprint density at radius 1 is 1.27 bits per heavy atom. The van der Waals surface area contributed by atoms with Gasteiger partial charge in [0.2, 0.25) is 5.43 Å². The van der Waals surface area contributed by atoms with Gasteiger partial charge in [0, 0.05) is 29.7 Å². The van der Waals surface area contributed by atoms with Crippen LogP contribution in [0.15, 0.2) is 34.6 Å². The lowest BCUT2D eigenvalue weighted by Crippen LogP contribution is -2.44. The number of hydrogen-bond donors (Lipinski definition) is 2. The molecule has 10 heteroatoms. The summed E-state index contributed by atoms with van der Waals surface area (Å²) in [6.45, 7) is 1.41. The predicted octanol–water partition coefficient (Wildman–Crippen LogP) is 3.28. The summed E-state index contributed by atoms with van der Waals surface area (Å²) in [6.07, 6.45) is 2.61. The summed E-state index contributed by atoms with van der Waals surface area (Å²) in [7, 11) is 0. The lowest BCUT2D eigenvalue weighted by Gasteiger charge is -2.34. The van der Waals surface area contributed by atoms with Crippen molar-refractivity contribution in [2.75, 3.05) is 11.4 Å². The molecule has 0 spiro atoms. The van der Waals surface area contributed by atoms with Crippen molar-refractivity contribution in [1.29, 1.82) is 0 Å². The number of hydrogen-bond acceptors (Lipinski definition) is 5. The largest absolute Gasteiger partial charge is 0.503 e. The molecule has 2 N–H and O–H groups in total. The van der Waals surface area contributed by atoms with Crippen molar-refractivity contribution < 1.29 is 23.5 Å². The zero-order valence-electron chi connectivity index (χ0n) is 17.5. The number of anilines is 1. The predicted molar refractivity (Wildman–Crippen MR) is 118 cm³/mol. The number of nitrogens with one attached hydrogen (secondary N) is 1. The maximum absolute atomic E-state index is 14.1. The maximum atomic E-state index is 14.1. The molecule has 0 radical (unpaired) electrons. The Bertz CT molecular complexity index is 1360. The van der Waals surface area contributed by atoms with E-state index in [4.69, 9.17) is 0 Å². The first kappa shape index (κ1) is 21.3. The molecule has 2 aliphatic rings. The van der Waals surface area contributed by atoms with Crippen LogP contribution in [0, 0.1) is 18.6 Å². The second kappa shape index (κ2) is 7.80. The molecule has 1 atom stereocenters. The Balaban J connectivity index is 1.49. The van der Waals surface area contributed by atoms with Crippen molar-refractivity contribution in [3.63, 3.8) is 0 Å². The summed E-state index contributed by atoms with van der Waals surface area (Å²) in [5, 5.41) is 14.9. The van der Waals surface area contributed by atoms with Crippen LogP contribution in [-0.4, -0.2) is 28.0 Å². The first-order valence-corrected chi connectivity index (χ1v) is 11.2. The lowest BCUT2D eigenvalue weighted by molar-refractivity contribution is 0.0929. The van der Waals surface area contributed by atoms with E-state index in [1.165, 1.54) is 22.1 Å². The van der Waals surface area contributed by atoms with Crippen molar-refractivity contribution in [2.45, 2.75) is 32.4 Å². The Morgan fingerprint density at radius 3 is 2.73 bits per heavy atom. The third-order valence-corrected chi connectivity index (χ3v) is 7.09. The van der Waals surface area contributed by atoms with E-state index in [0.717, 1.165) is 22.7 Å². The van der Waals surface area contributed by atoms with Crippen LogP contribution in [0.1, 0.15) is 49.3 Å². The number of nitrogens with zero attached hydrogens (tertiary/aromatic N) is 2. The van der Waals surface area contributed by atoms with Crippen molar-refractivity contribution in [2.24, 2.45) is 0 Å². The Hall–Kier alpha value is -3.53. The van der Waals surface area contributed by atoms with Crippen molar-refractivity contribution in [1.82, 2.24) is 9.88 Å². The number of rotatable bonds is 3. The minimum atomic E-state index is -1.01. The molecule has 0 saturated heterocycles. The molecule has 7 nitrogen and oxygen atoms in total. The molecule has 0 fully saturated rings. The number of thiophene rings is 1. The fourth-order valence-electron chi connectivity index (χ4n) is 4.45. The highest BCUT2D eigenvalue weighted by atomic mass is 32.1. The molecule has 2 bridgehead atoms. The highest BCUT2D eigenvalue weighted by Gasteiger charge is 2.38. The molecule has 1 aromatic carbocycles. The van der Waals surface area contributed by atoms with Crippen LogP contribution in [-0.2, 0) is 13.0 Å². The van der Waals surface area contributed by atoms with Gasteiger partial charge in [0.25, 0.3) is 11.8 Å². The Labute approximate surface area is 190 Å². The van der Waals surface area contributed by atoms with E-state index >= 15 is 0 Å². The van der Waals surface area contributed by atoms with Crippen LogP contribution in [0.5, 0.6) is 5.75 Å². The van der Waals surface area contributed by atoms with Gasteiger partial charge >= 0.3 is 0 Å². The number of pyridine rings is 1. The highest BCUT2D eigenvalue weighted by molar-refractivity contribution is 7.10. The van der Waals surface area contributed by atoms with E-state index in [0.29, 0.717) is 24.9 Å². The van der Waals surface area contributed by atoms with E-state index in [2.05, 4.69) is 5.32 Å². The van der Waals surface area contributed by atoms with Crippen LogP contribution in [0.4, 0.5) is 14.5 Å². The smallest absolute Gasteiger partial charge is 0.279 e. The number of halogens is 2. The van der Waals surface area contributed by atoms with Crippen molar-refractivity contribution in [3.8, 4) is 5.75 Å². The molecular formula is C23H19F2N3O4S. The lowest BCUT2D eigenvalue weighted by atomic mass is 10.1. The van der Waals surface area contributed by atoms with E-state index < -0.39 is 46.7 Å². The summed E-state index contributed by atoms with van der Waals surface area (Å²) in [4.78, 5) is 41.3. The van der Waals surface area contributed by atoms with Gasteiger partial charge in [0.05, 0.1) is 11.7 Å². The summed E-state index contributed by atoms with van der Waals surface area (Å²) >= 11 is 1.54. The fraction of sp³-hybridized carbons (Fsp3) is 0.261. The molecule has 5 rings (SSSR count). The number of aryl methyl sites for hydroxylation is 2. The van der Waals surface area contributed by atoms with Gasteiger partial charge in [-0.15, -0.1) is 11.3 Å². The van der Waals surface area contributed by atoms with Crippen molar-refractivity contribution >= 4 is 28.8 Å². The normalized spacial score (nSPS) is 16.8. The van der Waals surface area contributed by atoms with Crippen LogP contribution in [0.3, 0.4) is 0 Å². The third-order valence-electron chi connectivity index (χ3n) is 6.12. The fourth-order valence-corrected chi connectivity index (χ4v) is 5.35. The third kappa shape index (κ3) is 3.41. The van der Waals surface area contributed by atoms with Gasteiger partial charge in [-0.2, -0.15) is 0 Å². The number of carbonyl (C=O) groups excluding carboxylic acids is 2. The van der Waals surface area contributed by atoms with Crippen LogP contribution >= 0.6 is 11.3 Å². The molecule has 3 aromatic rings. The highest BCUT2D eigenvalue weighted by Crippen LogP contribution is 2.39.